The molecule has 0 saturated carbocycles. The number of likely N-dealkylation sites (N-methyl/N-ethyl adjacent to an activating group) is 1. The molecule has 1 unspecified atom stereocenters. The zero-order chi connectivity index (χ0) is 22.6. The van der Waals surface area contributed by atoms with Gasteiger partial charge in [0.1, 0.15) is 4.90 Å². The van der Waals surface area contributed by atoms with E-state index < -0.39 is 10.0 Å². The number of hydrogen-bond acceptors (Lipinski definition) is 4. The standard InChI is InChI=1S/C23H30ClN3O3S/c1-4-27(5-2)31(29,30)22-15-18(13-14-20(22)24)25-16-23(28)26(3)21-12-8-10-17-9-6-7-11-19(17)21/h6-7,9,11,13-15,21,25H,4-5,8,10,12,16H2,1-3H3. The Hall–Kier alpha value is -2.09. The quantitative estimate of drug-likeness (QED) is 0.633. The average Bonchev–Trinajstić information content (AvgIpc) is 2.78. The highest BCUT2D eigenvalue weighted by molar-refractivity contribution is 7.89. The lowest BCUT2D eigenvalue weighted by Crippen LogP contribution is -2.37. The van der Waals surface area contributed by atoms with Crippen molar-refractivity contribution in [1.82, 2.24) is 9.21 Å². The summed E-state index contributed by atoms with van der Waals surface area (Å²) in [5.74, 6) is -0.0511. The fourth-order valence-corrected chi connectivity index (χ4v) is 6.08. The van der Waals surface area contributed by atoms with E-state index in [1.807, 2.05) is 19.2 Å². The molecule has 0 radical (unpaired) electrons. The topological polar surface area (TPSA) is 69.7 Å². The zero-order valence-electron chi connectivity index (χ0n) is 18.3. The fourth-order valence-electron chi connectivity index (χ4n) is 4.12. The van der Waals surface area contributed by atoms with Gasteiger partial charge in [0.25, 0.3) is 0 Å². The number of nitrogens with one attached hydrogen (secondary N) is 1. The Morgan fingerprint density at radius 1 is 1.16 bits per heavy atom. The first-order valence-electron chi connectivity index (χ1n) is 10.7. The Kier molecular flexibility index (Phi) is 7.62. The van der Waals surface area contributed by atoms with Gasteiger partial charge in [0.2, 0.25) is 15.9 Å². The molecule has 2 aromatic rings. The van der Waals surface area contributed by atoms with Crippen LogP contribution in [-0.2, 0) is 21.2 Å². The average molecular weight is 464 g/mol. The van der Waals surface area contributed by atoms with Crippen molar-refractivity contribution in [1.29, 1.82) is 0 Å². The van der Waals surface area contributed by atoms with E-state index in [1.165, 1.54) is 21.5 Å². The molecule has 31 heavy (non-hydrogen) atoms. The second-order valence-electron chi connectivity index (χ2n) is 7.70. The largest absolute Gasteiger partial charge is 0.376 e. The van der Waals surface area contributed by atoms with Gasteiger partial charge in [-0.1, -0.05) is 49.7 Å². The molecule has 0 spiro atoms. The molecule has 0 bridgehead atoms. The van der Waals surface area contributed by atoms with Crippen LogP contribution in [0.5, 0.6) is 0 Å². The molecule has 2 aromatic carbocycles. The highest BCUT2D eigenvalue weighted by Crippen LogP contribution is 2.33. The van der Waals surface area contributed by atoms with Crippen LogP contribution in [0.1, 0.15) is 43.9 Å². The Morgan fingerprint density at radius 2 is 1.87 bits per heavy atom. The van der Waals surface area contributed by atoms with Crippen LogP contribution in [0.4, 0.5) is 5.69 Å². The predicted molar refractivity (Wildman–Crippen MR) is 125 cm³/mol. The minimum Gasteiger partial charge on any atom is -0.376 e. The normalized spacial score (nSPS) is 16.1. The Labute approximate surface area is 190 Å². The number of aryl methyl sites for hydroxylation is 1. The molecule has 0 aromatic heterocycles. The van der Waals surface area contributed by atoms with Crippen LogP contribution >= 0.6 is 11.6 Å². The molecule has 0 fully saturated rings. The van der Waals surface area contributed by atoms with Gasteiger partial charge in [-0.3, -0.25) is 4.79 Å². The molecule has 1 aliphatic rings. The van der Waals surface area contributed by atoms with Crippen LogP contribution < -0.4 is 5.32 Å². The molecule has 0 saturated heterocycles. The lowest BCUT2D eigenvalue weighted by Gasteiger charge is -2.33. The number of sulfonamides is 1. The smallest absolute Gasteiger partial charge is 0.244 e. The lowest BCUT2D eigenvalue weighted by molar-refractivity contribution is -0.130. The maximum atomic E-state index is 12.9. The second kappa shape index (κ2) is 10.0. The number of carbonyl (C=O) groups is 1. The van der Waals surface area contributed by atoms with Crippen molar-refractivity contribution in [2.24, 2.45) is 0 Å². The van der Waals surface area contributed by atoms with Crippen LogP contribution in [0.25, 0.3) is 0 Å². The summed E-state index contributed by atoms with van der Waals surface area (Å²) < 4.78 is 27.1. The van der Waals surface area contributed by atoms with E-state index in [2.05, 4.69) is 17.4 Å². The molecule has 1 N–H and O–H groups in total. The monoisotopic (exact) mass is 463 g/mol. The van der Waals surface area contributed by atoms with E-state index in [4.69, 9.17) is 11.6 Å². The van der Waals surface area contributed by atoms with Gasteiger partial charge < -0.3 is 10.2 Å². The molecular weight excluding hydrogens is 434 g/mol. The van der Waals surface area contributed by atoms with Gasteiger partial charge in [0.15, 0.2) is 0 Å². The Morgan fingerprint density at radius 3 is 2.58 bits per heavy atom. The summed E-state index contributed by atoms with van der Waals surface area (Å²) >= 11 is 6.19. The van der Waals surface area contributed by atoms with E-state index >= 15 is 0 Å². The van der Waals surface area contributed by atoms with E-state index in [0.29, 0.717) is 18.8 Å². The Balaban J connectivity index is 1.73. The Bertz CT molecular complexity index is 1040. The number of amides is 1. The molecule has 6 nitrogen and oxygen atoms in total. The lowest BCUT2D eigenvalue weighted by atomic mass is 9.87. The minimum atomic E-state index is -3.69. The number of anilines is 1. The van der Waals surface area contributed by atoms with Crippen LogP contribution in [0.15, 0.2) is 47.4 Å². The first-order chi connectivity index (χ1) is 14.8. The van der Waals surface area contributed by atoms with Gasteiger partial charge >= 0.3 is 0 Å². The van der Waals surface area contributed by atoms with Crippen molar-refractivity contribution in [3.05, 3.63) is 58.6 Å². The molecule has 8 heteroatoms. The number of hydrogen-bond donors (Lipinski definition) is 1. The molecule has 1 atom stereocenters. The maximum Gasteiger partial charge on any atom is 0.244 e. The summed E-state index contributed by atoms with van der Waals surface area (Å²) in [6, 6.07) is 13.1. The number of carbonyl (C=O) groups excluding carboxylic acids is 1. The highest BCUT2D eigenvalue weighted by Gasteiger charge is 2.27. The van der Waals surface area contributed by atoms with Crippen LogP contribution in [0.3, 0.4) is 0 Å². The molecule has 1 amide bonds. The summed E-state index contributed by atoms with van der Waals surface area (Å²) in [6.45, 7) is 4.36. The van der Waals surface area contributed by atoms with Crippen molar-refractivity contribution in [3.8, 4) is 0 Å². The van der Waals surface area contributed by atoms with Crippen molar-refractivity contribution >= 4 is 33.2 Å². The van der Waals surface area contributed by atoms with Crippen molar-refractivity contribution in [2.75, 3.05) is 32.0 Å². The summed E-state index contributed by atoms with van der Waals surface area (Å²) in [4.78, 5) is 14.7. The fraction of sp³-hybridized carbons (Fsp3) is 0.435. The number of rotatable bonds is 8. The van der Waals surface area contributed by atoms with E-state index in [0.717, 1.165) is 19.3 Å². The van der Waals surface area contributed by atoms with Crippen molar-refractivity contribution in [2.45, 2.75) is 44.0 Å². The molecule has 1 aliphatic carbocycles. The summed E-state index contributed by atoms with van der Waals surface area (Å²) in [7, 11) is -1.87. The third-order valence-corrected chi connectivity index (χ3v) is 8.43. The van der Waals surface area contributed by atoms with Gasteiger partial charge in [-0.15, -0.1) is 0 Å². The molecule has 3 rings (SSSR count). The van der Waals surface area contributed by atoms with Gasteiger partial charge in [-0.2, -0.15) is 4.31 Å². The second-order valence-corrected chi connectivity index (χ2v) is 10.0. The van der Waals surface area contributed by atoms with Gasteiger partial charge in [-0.05, 0) is 48.6 Å². The molecular formula is C23H30ClN3O3S. The first kappa shape index (κ1) is 23.6. The van der Waals surface area contributed by atoms with Crippen molar-refractivity contribution < 1.29 is 13.2 Å². The SMILES string of the molecule is CCN(CC)S(=O)(=O)c1cc(NCC(=O)N(C)C2CCCc3ccccc32)ccc1Cl. The first-order valence-corrected chi connectivity index (χ1v) is 12.5. The number of nitrogens with zero attached hydrogens (tertiary/aromatic N) is 2. The van der Waals surface area contributed by atoms with E-state index in [1.54, 1.807) is 30.9 Å². The van der Waals surface area contributed by atoms with Crippen LogP contribution in [0, 0.1) is 0 Å². The number of benzene rings is 2. The predicted octanol–water partition coefficient (Wildman–Crippen LogP) is 4.32. The third kappa shape index (κ3) is 5.05. The number of halogens is 1. The van der Waals surface area contributed by atoms with Crippen molar-refractivity contribution in [3.63, 3.8) is 0 Å². The van der Waals surface area contributed by atoms with Crippen LogP contribution in [0.2, 0.25) is 5.02 Å². The van der Waals surface area contributed by atoms with Gasteiger partial charge in [-0.25, -0.2) is 8.42 Å². The van der Waals surface area contributed by atoms with E-state index in [9.17, 15) is 13.2 Å². The molecule has 168 valence electrons. The summed E-state index contributed by atoms with van der Waals surface area (Å²) in [6.07, 6.45) is 3.03. The molecule has 0 heterocycles. The highest BCUT2D eigenvalue weighted by atomic mass is 35.5. The number of fused-ring (bicyclic) bond motifs is 1. The van der Waals surface area contributed by atoms with Gasteiger partial charge in [0, 0.05) is 25.8 Å². The minimum absolute atomic E-state index is 0.0462. The zero-order valence-corrected chi connectivity index (χ0v) is 19.8. The van der Waals surface area contributed by atoms with Gasteiger partial charge in [0.05, 0.1) is 17.6 Å². The summed E-state index contributed by atoms with van der Waals surface area (Å²) in [5.41, 5.74) is 3.06. The molecule has 0 aliphatic heterocycles. The van der Waals surface area contributed by atoms with E-state index in [-0.39, 0.29) is 28.4 Å². The maximum absolute atomic E-state index is 12.9. The van der Waals surface area contributed by atoms with Crippen LogP contribution in [-0.4, -0.2) is 50.2 Å². The third-order valence-electron chi connectivity index (χ3n) is 5.90. The summed E-state index contributed by atoms with van der Waals surface area (Å²) in [5, 5.41) is 3.24.